The fourth-order valence-corrected chi connectivity index (χ4v) is 1.94. The highest BCUT2D eigenvalue weighted by atomic mass is 16.5. The summed E-state index contributed by atoms with van der Waals surface area (Å²) in [7, 11) is 1.74. The summed E-state index contributed by atoms with van der Waals surface area (Å²) in [5, 5.41) is 3.42. The van der Waals surface area contributed by atoms with Crippen LogP contribution in [0.15, 0.2) is 0 Å². The molecule has 0 aromatic carbocycles. The normalized spacial score (nSPS) is 30.7. The van der Waals surface area contributed by atoms with Gasteiger partial charge in [-0.15, -0.1) is 0 Å². The molecule has 0 amide bonds. The lowest BCUT2D eigenvalue weighted by molar-refractivity contribution is -0.0323. The lowest BCUT2D eigenvalue weighted by atomic mass is 9.93. The molecule has 2 atom stereocenters. The van der Waals surface area contributed by atoms with Crippen LogP contribution < -0.4 is 5.32 Å². The molecule has 0 aliphatic carbocycles. The smallest absolute Gasteiger partial charge is 0.0830 e. The van der Waals surface area contributed by atoms with Gasteiger partial charge in [0.05, 0.1) is 18.2 Å². The van der Waals surface area contributed by atoms with Crippen molar-refractivity contribution >= 4 is 0 Å². The number of methoxy groups -OCH3 is 1. The lowest BCUT2D eigenvalue weighted by Gasteiger charge is -2.33. The van der Waals surface area contributed by atoms with Crippen molar-refractivity contribution in [3.63, 3.8) is 0 Å². The van der Waals surface area contributed by atoms with Crippen LogP contribution in [-0.4, -0.2) is 38.5 Å². The van der Waals surface area contributed by atoms with Gasteiger partial charge < -0.3 is 14.8 Å². The van der Waals surface area contributed by atoms with Crippen LogP contribution in [0, 0.1) is 0 Å². The fraction of sp³-hybridized carbons (Fsp3) is 1.00. The molecule has 0 bridgehead atoms. The van der Waals surface area contributed by atoms with Crippen LogP contribution in [0.1, 0.15) is 26.7 Å². The zero-order chi connectivity index (χ0) is 9.73. The standard InChI is InChI=1S/C10H21NO2/c1-4-11-9(8-12-3)10(2)6-5-7-13-10/h9,11H,4-8H2,1-3H3. The van der Waals surface area contributed by atoms with Crippen LogP contribution in [0.4, 0.5) is 0 Å². The van der Waals surface area contributed by atoms with Gasteiger partial charge in [-0.1, -0.05) is 6.92 Å². The lowest BCUT2D eigenvalue weighted by Crippen LogP contribution is -2.51. The predicted molar refractivity (Wildman–Crippen MR) is 52.9 cm³/mol. The van der Waals surface area contributed by atoms with Crippen molar-refractivity contribution in [2.75, 3.05) is 26.9 Å². The second kappa shape index (κ2) is 4.94. The highest BCUT2D eigenvalue weighted by molar-refractivity contribution is 4.92. The number of ether oxygens (including phenoxy) is 2. The zero-order valence-corrected chi connectivity index (χ0v) is 8.93. The van der Waals surface area contributed by atoms with Gasteiger partial charge in [0.2, 0.25) is 0 Å². The third-order valence-electron chi connectivity index (χ3n) is 2.77. The van der Waals surface area contributed by atoms with Gasteiger partial charge in [0.15, 0.2) is 0 Å². The van der Waals surface area contributed by atoms with E-state index in [4.69, 9.17) is 9.47 Å². The van der Waals surface area contributed by atoms with E-state index in [-0.39, 0.29) is 5.60 Å². The van der Waals surface area contributed by atoms with Crippen molar-refractivity contribution < 1.29 is 9.47 Å². The Bertz CT molecular complexity index is 138. The van der Waals surface area contributed by atoms with Gasteiger partial charge >= 0.3 is 0 Å². The molecular weight excluding hydrogens is 166 g/mol. The van der Waals surface area contributed by atoms with E-state index in [0.29, 0.717) is 6.04 Å². The summed E-state index contributed by atoms with van der Waals surface area (Å²) in [6.07, 6.45) is 2.30. The number of hydrogen-bond acceptors (Lipinski definition) is 3. The minimum Gasteiger partial charge on any atom is -0.383 e. The maximum absolute atomic E-state index is 5.77. The zero-order valence-electron chi connectivity index (χ0n) is 8.93. The quantitative estimate of drug-likeness (QED) is 0.701. The Kier molecular flexibility index (Phi) is 4.16. The monoisotopic (exact) mass is 187 g/mol. The Morgan fingerprint density at radius 1 is 1.62 bits per heavy atom. The molecular formula is C10H21NO2. The summed E-state index contributed by atoms with van der Waals surface area (Å²) in [5.74, 6) is 0. The summed E-state index contributed by atoms with van der Waals surface area (Å²) in [6.45, 7) is 6.87. The molecule has 3 nitrogen and oxygen atoms in total. The first kappa shape index (κ1) is 11.0. The maximum atomic E-state index is 5.77. The van der Waals surface area contributed by atoms with Gasteiger partial charge in [-0.25, -0.2) is 0 Å². The number of hydrogen-bond donors (Lipinski definition) is 1. The molecule has 1 aliphatic rings. The van der Waals surface area contributed by atoms with Gasteiger partial charge in [-0.3, -0.25) is 0 Å². The molecule has 1 heterocycles. The molecule has 1 saturated heterocycles. The molecule has 1 aliphatic heterocycles. The van der Waals surface area contributed by atoms with Crippen LogP contribution in [0.25, 0.3) is 0 Å². The van der Waals surface area contributed by atoms with Gasteiger partial charge in [0, 0.05) is 13.7 Å². The molecule has 0 aromatic rings. The van der Waals surface area contributed by atoms with Crippen molar-refractivity contribution in [1.29, 1.82) is 0 Å². The van der Waals surface area contributed by atoms with Crippen LogP contribution in [0.5, 0.6) is 0 Å². The largest absolute Gasteiger partial charge is 0.383 e. The van der Waals surface area contributed by atoms with E-state index in [2.05, 4.69) is 19.2 Å². The Balaban J connectivity index is 2.50. The fourth-order valence-electron chi connectivity index (χ4n) is 1.94. The molecule has 1 fully saturated rings. The summed E-state index contributed by atoms with van der Waals surface area (Å²) < 4.78 is 11.0. The Morgan fingerprint density at radius 3 is 2.85 bits per heavy atom. The van der Waals surface area contributed by atoms with Crippen LogP contribution in [0.3, 0.4) is 0 Å². The number of likely N-dealkylation sites (N-methyl/N-ethyl adjacent to an activating group) is 1. The van der Waals surface area contributed by atoms with Crippen LogP contribution in [0.2, 0.25) is 0 Å². The first-order chi connectivity index (χ1) is 6.23. The van der Waals surface area contributed by atoms with E-state index >= 15 is 0 Å². The second-order valence-corrected chi connectivity index (χ2v) is 3.83. The third-order valence-corrected chi connectivity index (χ3v) is 2.77. The van der Waals surface area contributed by atoms with Crippen molar-refractivity contribution in [2.45, 2.75) is 38.3 Å². The number of rotatable bonds is 5. The van der Waals surface area contributed by atoms with E-state index in [1.54, 1.807) is 7.11 Å². The SMILES string of the molecule is CCNC(COC)C1(C)CCCO1. The van der Waals surface area contributed by atoms with Crippen molar-refractivity contribution in [1.82, 2.24) is 5.32 Å². The van der Waals surface area contributed by atoms with E-state index in [0.717, 1.165) is 26.2 Å². The van der Waals surface area contributed by atoms with Crippen LogP contribution in [-0.2, 0) is 9.47 Å². The molecule has 0 radical (unpaired) electrons. The van der Waals surface area contributed by atoms with E-state index in [1.807, 2.05) is 0 Å². The molecule has 13 heavy (non-hydrogen) atoms. The highest BCUT2D eigenvalue weighted by Crippen LogP contribution is 2.28. The summed E-state index contributed by atoms with van der Waals surface area (Å²) in [5.41, 5.74) is -0.0218. The van der Waals surface area contributed by atoms with Crippen molar-refractivity contribution in [3.05, 3.63) is 0 Å². The summed E-state index contributed by atoms with van der Waals surface area (Å²) in [6, 6.07) is 0.324. The molecule has 2 unspecified atom stereocenters. The van der Waals surface area contributed by atoms with Crippen LogP contribution >= 0.6 is 0 Å². The van der Waals surface area contributed by atoms with E-state index in [9.17, 15) is 0 Å². The highest BCUT2D eigenvalue weighted by Gasteiger charge is 2.37. The molecule has 1 rings (SSSR count). The first-order valence-electron chi connectivity index (χ1n) is 5.09. The van der Waals surface area contributed by atoms with Crippen molar-refractivity contribution in [3.8, 4) is 0 Å². The predicted octanol–water partition coefficient (Wildman–Crippen LogP) is 1.18. The topological polar surface area (TPSA) is 30.5 Å². The van der Waals surface area contributed by atoms with E-state index in [1.165, 1.54) is 6.42 Å². The molecule has 78 valence electrons. The van der Waals surface area contributed by atoms with Gasteiger partial charge in [0.25, 0.3) is 0 Å². The first-order valence-corrected chi connectivity index (χ1v) is 5.09. The number of nitrogens with one attached hydrogen (secondary N) is 1. The maximum Gasteiger partial charge on any atom is 0.0830 e. The molecule has 1 N–H and O–H groups in total. The van der Waals surface area contributed by atoms with Gasteiger partial charge in [-0.05, 0) is 26.3 Å². The van der Waals surface area contributed by atoms with E-state index < -0.39 is 0 Å². The second-order valence-electron chi connectivity index (χ2n) is 3.83. The Hall–Kier alpha value is -0.120. The average molecular weight is 187 g/mol. The summed E-state index contributed by atoms with van der Waals surface area (Å²) >= 11 is 0. The Morgan fingerprint density at radius 2 is 2.38 bits per heavy atom. The third kappa shape index (κ3) is 2.66. The molecule has 3 heteroatoms. The van der Waals surface area contributed by atoms with Gasteiger partial charge in [-0.2, -0.15) is 0 Å². The minimum atomic E-state index is -0.0218. The molecule has 0 saturated carbocycles. The minimum absolute atomic E-state index is 0.0218. The molecule has 0 spiro atoms. The Labute approximate surface area is 80.8 Å². The molecule has 0 aromatic heterocycles. The average Bonchev–Trinajstić information content (AvgIpc) is 2.53. The van der Waals surface area contributed by atoms with Gasteiger partial charge in [0.1, 0.15) is 0 Å². The van der Waals surface area contributed by atoms with Crippen molar-refractivity contribution in [2.24, 2.45) is 0 Å². The summed E-state index contributed by atoms with van der Waals surface area (Å²) in [4.78, 5) is 0.